The molecule has 1 aliphatic rings. The van der Waals surface area contributed by atoms with Crippen LogP contribution in [0.1, 0.15) is 30.5 Å². The van der Waals surface area contributed by atoms with Crippen LogP contribution in [-0.2, 0) is 13.2 Å². The maximum atomic E-state index is 6.19. The van der Waals surface area contributed by atoms with E-state index >= 15 is 0 Å². The first-order valence-electron chi connectivity index (χ1n) is 8.43. The molecule has 0 radical (unpaired) electrons. The van der Waals surface area contributed by atoms with Crippen molar-refractivity contribution in [1.82, 2.24) is 9.88 Å². The van der Waals surface area contributed by atoms with Gasteiger partial charge in [0.2, 0.25) is 0 Å². The summed E-state index contributed by atoms with van der Waals surface area (Å²) < 4.78 is 5.76. The molecule has 2 aromatic rings. The van der Waals surface area contributed by atoms with E-state index in [-0.39, 0.29) is 0 Å². The first-order chi connectivity index (χ1) is 11.6. The molecule has 2 N–H and O–H groups in total. The van der Waals surface area contributed by atoms with Gasteiger partial charge in [-0.3, -0.25) is 4.90 Å². The fraction of sp³-hybridized carbons (Fsp3) is 0.500. The van der Waals surface area contributed by atoms with Gasteiger partial charge in [-0.15, -0.1) is 11.3 Å². The van der Waals surface area contributed by atoms with Gasteiger partial charge >= 0.3 is 0 Å². The van der Waals surface area contributed by atoms with E-state index in [2.05, 4.69) is 17.2 Å². The highest BCUT2D eigenvalue weighted by Gasteiger charge is 2.25. The van der Waals surface area contributed by atoms with Gasteiger partial charge in [-0.25, -0.2) is 4.98 Å². The fourth-order valence-electron chi connectivity index (χ4n) is 3.09. The van der Waals surface area contributed by atoms with Gasteiger partial charge in [-0.05, 0) is 36.6 Å². The molecule has 0 aliphatic carbocycles. The van der Waals surface area contributed by atoms with E-state index < -0.39 is 0 Å². The number of hydrogen-bond donors (Lipinski definition) is 1. The summed E-state index contributed by atoms with van der Waals surface area (Å²) in [4.78, 5) is 7.17. The normalized spacial score (nSPS) is 21.8. The van der Waals surface area contributed by atoms with Crippen LogP contribution in [0, 0.1) is 5.92 Å². The van der Waals surface area contributed by atoms with Gasteiger partial charge in [-0.1, -0.05) is 24.9 Å². The Morgan fingerprint density at radius 1 is 1.38 bits per heavy atom. The zero-order chi connectivity index (χ0) is 16.9. The van der Waals surface area contributed by atoms with E-state index in [1.54, 1.807) is 11.3 Å². The van der Waals surface area contributed by atoms with Crippen LogP contribution in [0.15, 0.2) is 29.6 Å². The van der Waals surface area contributed by atoms with Gasteiger partial charge in [0.05, 0.1) is 5.69 Å². The van der Waals surface area contributed by atoms with Gasteiger partial charge in [-0.2, -0.15) is 0 Å². The second-order valence-electron chi connectivity index (χ2n) is 6.33. The third kappa shape index (κ3) is 4.70. The average molecular weight is 366 g/mol. The minimum atomic E-state index is 0.352. The lowest BCUT2D eigenvalue weighted by molar-refractivity contribution is 0.144. The number of nitrogens with two attached hydrogens (primary N) is 1. The highest BCUT2D eigenvalue weighted by molar-refractivity contribution is 7.09. The lowest BCUT2D eigenvalue weighted by Gasteiger charge is -2.36. The summed E-state index contributed by atoms with van der Waals surface area (Å²) in [5, 5.41) is 3.85. The van der Waals surface area contributed by atoms with Crippen molar-refractivity contribution >= 4 is 22.9 Å². The smallest absolute Gasteiger partial charge is 0.140 e. The SMILES string of the molecule is CC[C@H]1CN(Cc2csc(COc3ccc(Cl)cc3)n2)CC[C@@H]1N. The van der Waals surface area contributed by atoms with Crippen molar-refractivity contribution in [2.45, 2.75) is 39.0 Å². The molecular formula is C18H24ClN3OS. The number of thiazole rings is 1. The van der Waals surface area contributed by atoms with Gasteiger partial charge in [0, 0.05) is 36.1 Å². The molecule has 3 rings (SSSR count). The second-order valence-corrected chi connectivity index (χ2v) is 7.71. The number of hydrogen-bond acceptors (Lipinski definition) is 5. The zero-order valence-electron chi connectivity index (χ0n) is 14.0. The van der Waals surface area contributed by atoms with Crippen LogP contribution in [0.4, 0.5) is 0 Å². The minimum Gasteiger partial charge on any atom is -0.486 e. The largest absolute Gasteiger partial charge is 0.486 e. The highest BCUT2D eigenvalue weighted by atomic mass is 35.5. The fourth-order valence-corrected chi connectivity index (χ4v) is 3.92. The molecule has 1 aromatic heterocycles. The van der Waals surface area contributed by atoms with Crippen LogP contribution in [0.5, 0.6) is 5.75 Å². The van der Waals surface area contributed by atoms with Gasteiger partial charge < -0.3 is 10.5 Å². The molecule has 0 unspecified atom stereocenters. The minimum absolute atomic E-state index is 0.352. The van der Waals surface area contributed by atoms with Crippen molar-refractivity contribution in [3.8, 4) is 5.75 Å². The Labute approximate surface area is 152 Å². The molecule has 1 aromatic carbocycles. The third-order valence-corrected chi connectivity index (χ3v) is 5.69. The van der Waals surface area contributed by atoms with Crippen LogP contribution in [0.3, 0.4) is 0 Å². The maximum Gasteiger partial charge on any atom is 0.140 e. The van der Waals surface area contributed by atoms with E-state index in [9.17, 15) is 0 Å². The predicted octanol–water partition coefficient (Wildman–Crippen LogP) is 3.93. The molecule has 0 amide bonds. The first kappa shape index (κ1) is 17.7. The lowest BCUT2D eigenvalue weighted by Crippen LogP contribution is -2.46. The van der Waals surface area contributed by atoms with E-state index in [1.165, 1.54) is 0 Å². The molecule has 0 spiro atoms. The quantitative estimate of drug-likeness (QED) is 0.842. The Morgan fingerprint density at radius 3 is 2.92 bits per heavy atom. The topological polar surface area (TPSA) is 51.4 Å². The second kappa shape index (κ2) is 8.30. The van der Waals surface area contributed by atoms with Crippen molar-refractivity contribution in [2.24, 2.45) is 11.7 Å². The number of aromatic nitrogens is 1. The molecule has 130 valence electrons. The molecule has 0 bridgehead atoms. The molecule has 24 heavy (non-hydrogen) atoms. The summed E-state index contributed by atoms with van der Waals surface area (Å²) in [6.45, 7) is 5.76. The zero-order valence-corrected chi connectivity index (χ0v) is 15.5. The summed E-state index contributed by atoms with van der Waals surface area (Å²) in [7, 11) is 0. The molecule has 4 nitrogen and oxygen atoms in total. The van der Waals surface area contributed by atoms with Gasteiger partial charge in [0.1, 0.15) is 17.4 Å². The number of piperidine rings is 1. The molecule has 2 heterocycles. The standard InChI is InChI=1S/C18H24ClN3OS/c1-2-13-9-22(8-7-17(13)20)10-15-12-24-18(21-15)11-23-16-5-3-14(19)4-6-16/h3-6,12-13,17H,2,7-11,20H2,1H3/t13-,17-/m0/s1. The Bertz CT molecular complexity index is 646. The molecule has 1 saturated heterocycles. The maximum absolute atomic E-state index is 6.19. The summed E-state index contributed by atoms with van der Waals surface area (Å²) in [5.74, 6) is 1.41. The number of likely N-dealkylation sites (tertiary alicyclic amines) is 1. The molecule has 0 saturated carbocycles. The van der Waals surface area contributed by atoms with E-state index in [4.69, 9.17) is 27.1 Å². The lowest BCUT2D eigenvalue weighted by atomic mass is 9.91. The Balaban J connectivity index is 1.51. The summed E-state index contributed by atoms with van der Waals surface area (Å²) in [6.07, 6.45) is 2.23. The summed E-state index contributed by atoms with van der Waals surface area (Å²) in [6, 6.07) is 7.76. The van der Waals surface area contributed by atoms with Crippen LogP contribution in [0.2, 0.25) is 5.02 Å². The van der Waals surface area contributed by atoms with E-state index in [0.717, 1.165) is 48.9 Å². The van der Waals surface area contributed by atoms with E-state index in [0.29, 0.717) is 23.6 Å². The number of rotatable bonds is 6. The van der Waals surface area contributed by atoms with Crippen molar-refractivity contribution < 1.29 is 4.74 Å². The van der Waals surface area contributed by atoms with Gasteiger partial charge in [0.25, 0.3) is 0 Å². The van der Waals surface area contributed by atoms with E-state index in [1.807, 2.05) is 24.3 Å². The Kier molecular flexibility index (Phi) is 6.11. The monoisotopic (exact) mass is 365 g/mol. The Morgan fingerprint density at radius 2 is 2.17 bits per heavy atom. The predicted molar refractivity (Wildman–Crippen MR) is 99.5 cm³/mol. The van der Waals surface area contributed by atoms with Gasteiger partial charge in [0.15, 0.2) is 0 Å². The van der Waals surface area contributed by atoms with Crippen molar-refractivity contribution in [2.75, 3.05) is 13.1 Å². The van der Waals surface area contributed by atoms with Crippen LogP contribution in [-0.4, -0.2) is 29.0 Å². The van der Waals surface area contributed by atoms with Crippen molar-refractivity contribution in [3.63, 3.8) is 0 Å². The Hall–Kier alpha value is -1.14. The van der Waals surface area contributed by atoms with Crippen LogP contribution in [0.25, 0.3) is 0 Å². The molecule has 6 heteroatoms. The number of ether oxygens (including phenoxy) is 1. The summed E-state index contributed by atoms with van der Waals surface area (Å²) in [5.41, 5.74) is 7.31. The number of halogens is 1. The first-order valence-corrected chi connectivity index (χ1v) is 9.69. The van der Waals surface area contributed by atoms with Crippen molar-refractivity contribution in [1.29, 1.82) is 0 Å². The van der Waals surface area contributed by atoms with Crippen LogP contribution >= 0.6 is 22.9 Å². The van der Waals surface area contributed by atoms with Crippen molar-refractivity contribution in [3.05, 3.63) is 45.4 Å². The molecule has 1 aliphatic heterocycles. The number of benzene rings is 1. The highest BCUT2D eigenvalue weighted by Crippen LogP contribution is 2.22. The molecular weight excluding hydrogens is 342 g/mol. The third-order valence-electron chi connectivity index (χ3n) is 4.56. The number of nitrogens with zero attached hydrogens (tertiary/aromatic N) is 2. The molecule has 1 fully saturated rings. The summed E-state index contributed by atoms with van der Waals surface area (Å²) >= 11 is 7.53. The molecule has 2 atom stereocenters. The van der Waals surface area contributed by atoms with Crippen LogP contribution < -0.4 is 10.5 Å². The average Bonchev–Trinajstić information content (AvgIpc) is 3.03.